The zero-order chi connectivity index (χ0) is 11.5. The van der Waals surface area contributed by atoms with Crippen LogP contribution in [0.1, 0.15) is 19.4 Å². The zero-order valence-corrected chi connectivity index (χ0v) is 9.10. The fraction of sp³-hybridized carbons (Fsp3) is 0.455. The molecule has 0 aromatic carbocycles. The van der Waals surface area contributed by atoms with Crippen LogP contribution in [-0.4, -0.2) is 29.3 Å². The van der Waals surface area contributed by atoms with Crippen molar-refractivity contribution in [3.63, 3.8) is 0 Å². The minimum Gasteiger partial charge on any atom is -0.467 e. The third-order valence-corrected chi connectivity index (χ3v) is 2.51. The molecular weight excluding hydrogens is 194 g/mol. The van der Waals surface area contributed by atoms with Crippen LogP contribution in [0, 0.1) is 0 Å². The van der Waals surface area contributed by atoms with E-state index < -0.39 is 17.5 Å². The highest BCUT2D eigenvalue weighted by molar-refractivity contribution is 5.76. The summed E-state index contributed by atoms with van der Waals surface area (Å²) in [5.41, 5.74) is 0.0874. The Balaban J connectivity index is 2.97. The Morgan fingerprint density at radius 1 is 1.60 bits per heavy atom. The van der Waals surface area contributed by atoms with Crippen molar-refractivity contribution in [3.05, 3.63) is 30.1 Å². The number of carbonyl (C=O) groups excluding carboxylic acids is 1. The molecule has 1 aromatic heterocycles. The Labute approximate surface area is 88.9 Å². The standard InChI is InChI=1S/C11H15NO3/c1-11(2,9(13)10(14)15-3)8-5-4-6-12-7-8/h4-7,9,13H,1-3H3. The molecule has 1 rings (SSSR count). The summed E-state index contributed by atoms with van der Waals surface area (Å²) in [5.74, 6) is -0.635. The maximum Gasteiger partial charge on any atom is 0.335 e. The molecule has 0 bridgehead atoms. The molecule has 1 atom stereocenters. The lowest BCUT2D eigenvalue weighted by molar-refractivity contribution is -0.153. The monoisotopic (exact) mass is 209 g/mol. The molecule has 15 heavy (non-hydrogen) atoms. The van der Waals surface area contributed by atoms with Crippen LogP contribution < -0.4 is 0 Å². The molecule has 0 radical (unpaired) electrons. The van der Waals surface area contributed by atoms with Crippen LogP contribution in [-0.2, 0) is 14.9 Å². The Bertz CT molecular complexity index is 335. The molecule has 4 heteroatoms. The number of hydrogen-bond donors (Lipinski definition) is 1. The first kappa shape index (κ1) is 11.7. The molecular formula is C11H15NO3. The maximum atomic E-state index is 11.2. The van der Waals surface area contributed by atoms with Crippen LogP contribution in [0.15, 0.2) is 24.5 Å². The Morgan fingerprint density at radius 3 is 2.73 bits per heavy atom. The van der Waals surface area contributed by atoms with Gasteiger partial charge in [0.2, 0.25) is 0 Å². The number of esters is 1. The van der Waals surface area contributed by atoms with Crippen LogP contribution in [0.25, 0.3) is 0 Å². The van der Waals surface area contributed by atoms with Crippen LogP contribution in [0.2, 0.25) is 0 Å². The molecule has 1 N–H and O–H groups in total. The first-order chi connectivity index (χ1) is 7.00. The minimum absolute atomic E-state index is 0.635. The molecule has 0 aliphatic carbocycles. The molecule has 1 aromatic rings. The van der Waals surface area contributed by atoms with Crippen LogP contribution in [0.4, 0.5) is 0 Å². The van der Waals surface area contributed by atoms with E-state index in [-0.39, 0.29) is 0 Å². The second kappa shape index (κ2) is 4.40. The van der Waals surface area contributed by atoms with Crippen molar-refractivity contribution in [1.82, 2.24) is 4.98 Å². The summed E-state index contributed by atoms with van der Waals surface area (Å²) in [6.45, 7) is 3.54. The van der Waals surface area contributed by atoms with Crippen LogP contribution in [0.5, 0.6) is 0 Å². The van der Waals surface area contributed by atoms with E-state index in [1.165, 1.54) is 7.11 Å². The normalized spacial score (nSPS) is 13.3. The number of pyridine rings is 1. The maximum absolute atomic E-state index is 11.2. The highest BCUT2D eigenvalue weighted by atomic mass is 16.5. The van der Waals surface area contributed by atoms with Crippen LogP contribution >= 0.6 is 0 Å². The summed E-state index contributed by atoms with van der Waals surface area (Å²) >= 11 is 0. The minimum atomic E-state index is -1.19. The van der Waals surface area contributed by atoms with Gasteiger partial charge in [0.25, 0.3) is 0 Å². The highest BCUT2D eigenvalue weighted by Gasteiger charge is 2.36. The summed E-state index contributed by atoms with van der Waals surface area (Å²) in [6, 6.07) is 3.58. The summed E-state index contributed by atoms with van der Waals surface area (Å²) in [6.07, 6.45) is 2.09. The largest absolute Gasteiger partial charge is 0.467 e. The molecule has 82 valence electrons. The predicted molar refractivity (Wildman–Crippen MR) is 55.3 cm³/mol. The number of aromatic nitrogens is 1. The number of rotatable bonds is 3. The molecule has 1 unspecified atom stereocenters. The van der Waals surface area contributed by atoms with Gasteiger partial charge in [0.05, 0.1) is 7.11 Å². The number of aliphatic hydroxyl groups is 1. The van der Waals surface area contributed by atoms with E-state index in [1.54, 1.807) is 32.3 Å². The first-order valence-corrected chi connectivity index (χ1v) is 4.66. The van der Waals surface area contributed by atoms with Gasteiger partial charge in [-0.15, -0.1) is 0 Å². The SMILES string of the molecule is COC(=O)C(O)C(C)(C)c1cccnc1. The summed E-state index contributed by atoms with van der Waals surface area (Å²) < 4.78 is 4.51. The van der Waals surface area contributed by atoms with Crippen molar-refractivity contribution in [1.29, 1.82) is 0 Å². The zero-order valence-electron chi connectivity index (χ0n) is 9.10. The molecule has 4 nitrogen and oxygen atoms in total. The first-order valence-electron chi connectivity index (χ1n) is 4.66. The number of hydrogen-bond acceptors (Lipinski definition) is 4. The summed E-state index contributed by atoms with van der Waals surface area (Å²) in [7, 11) is 1.25. The second-order valence-electron chi connectivity index (χ2n) is 3.89. The third-order valence-electron chi connectivity index (χ3n) is 2.51. The lowest BCUT2D eigenvalue weighted by Crippen LogP contribution is -2.40. The van der Waals surface area contributed by atoms with Gasteiger partial charge in [-0.3, -0.25) is 4.98 Å². The van der Waals surface area contributed by atoms with Gasteiger partial charge in [0, 0.05) is 17.8 Å². The quantitative estimate of drug-likeness (QED) is 0.751. The fourth-order valence-electron chi connectivity index (χ4n) is 1.31. The molecule has 0 saturated heterocycles. The van der Waals surface area contributed by atoms with E-state index in [9.17, 15) is 9.90 Å². The second-order valence-corrected chi connectivity index (χ2v) is 3.89. The van der Waals surface area contributed by atoms with Crippen molar-refractivity contribution in [2.75, 3.05) is 7.11 Å². The molecule has 0 aliphatic rings. The topological polar surface area (TPSA) is 59.4 Å². The van der Waals surface area contributed by atoms with Crippen molar-refractivity contribution in [2.24, 2.45) is 0 Å². The predicted octanol–water partition coefficient (Wildman–Crippen LogP) is 0.893. The van der Waals surface area contributed by atoms with Gasteiger partial charge >= 0.3 is 5.97 Å². The van der Waals surface area contributed by atoms with Crippen molar-refractivity contribution < 1.29 is 14.6 Å². The van der Waals surface area contributed by atoms with Gasteiger partial charge in [0.1, 0.15) is 0 Å². The van der Waals surface area contributed by atoms with E-state index in [0.717, 1.165) is 5.56 Å². The van der Waals surface area contributed by atoms with E-state index in [0.29, 0.717) is 0 Å². The summed E-state index contributed by atoms with van der Waals surface area (Å²) in [5, 5.41) is 9.80. The van der Waals surface area contributed by atoms with E-state index in [1.807, 2.05) is 6.07 Å². The van der Waals surface area contributed by atoms with Crippen molar-refractivity contribution in [3.8, 4) is 0 Å². The average Bonchev–Trinajstić information content (AvgIpc) is 2.28. The lowest BCUT2D eigenvalue weighted by atomic mass is 9.80. The fourth-order valence-corrected chi connectivity index (χ4v) is 1.31. The van der Waals surface area contributed by atoms with Gasteiger partial charge in [0.15, 0.2) is 6.10 Å². The number of nitrogens with zero attached hydrogens (tertiary/aromatic N) is 1. The number of aliphatic hydroxyl groups excluding tert-OH is 1. The lowest BCUT2D eigenvalue weighted by Gasteiger charge is -2.28. The van der Waals surface area contributed by atoms with Crippen LogP contribution in [0.3, 0.4) is 0 Å². The van der Waals surface area contributed by atoms with Gasteiger partial charge in [-0.1, -0.05) is 19.9 Å². The van der Waals surface area contributed by atoms with Gasteiger partial charge in [-0.25, -0.2) is 4.79 Å². The van der Waals surface area contributed by atoms with E-state index in [2.05, 4.69) is 9.72 Å². The third kappa shape index (κ3) is 2.33. The Hall–Kier alpha value is -1.42. The van der Waals surface area contributed by atoms with Gasteiger partial charge < -0.3 is 9.84 Å². The molecule has 0 spiro atoms. The molecule has 0 saturated carbocycles. The number of carbonyl (C=O) groups is 1. The average molecular weight is 209 g/mol. The van der Waals surface area contributed by atoms with Crippen molar-refractivity contribution in [2.45, 2.75) is 25.4 Å². The molecule has 0 amide bonds. The van der Waals surface area contributed by atoms with Gasteiger partial charge in [-0.2, -0.15) is 0 Å². The molecule has 0 aliphatic heterocycles. The number of methoxy groups -OCH3 is 1. The van der Waals surface area contributed by atoms with E-state index in [4.69, 9.17) is 0 Å². The Kier molecular flexibility index (Phi) is 3.42. The molecule has 0 fully saturated rings. The van der Waals surface area contributed by atoms with Crippen molar-refractivity contribution >= 4 is 5.97 Å². The van der Waals surface area contributed by atoms with E-state index >= 15 is 0 Å². The smallest absolute Gasteiger partial charge is 0.335 e. The number of ether oxygens (including phenoxy) is 1. The Morgan fingerprint density at radius 2 is 2.27 bits per heavy atom. The summed E-state index contributed by atoms with van der Waals surface area (Å²) in [4.78, 5) is 15.2. The molecule has 1 heterocycles. The highest BCUT2D eigenvalue weighted by Crippen LogP contribution is 2.26. The van der Waals surface area contributed by atoms with Gasteiger partial charge in [-0.05, 0) is 11.6 Å².